The van der Waals surface area contributed by atoms with Crippen LogP contribution in [0.3, 0.4) is 0 Å². The van der Waals surface area contributed by atoms with E-state index in [2.05, 4.69) is 11.8 Å². The first-order valence-corrected chi connectivity index (χ1v) is 7.84. The molecule has 1 unspecified atom stereocenters. The first-order valence-electron chi connectivity index (χ1n) is 7.43. The van der Waals surface area contributed by atoms with Gasteiger partial charge in [-0.05, 0) is 31.4 Å². The number of nitrogens with two attached hydrogens (primary N) is 1. The molecule has 1 aliphatic carbocycles. The average molecular weight is 292 g/mol. The van der Waals surface area contributed by atoms with Crippen molar-refractivity contribution in [3.05, 3.63) is 35.4 Å². The molecule has 0 spiro atoms. The van der Waals surface area contributed by atoms with Crippen molar-refractivity contribution in [3.8, 4) is 0 Å². The molecule has 1 fully saturated rings. The Morgan fingerprint density at radius 1 is 1.40 bits per heavy atom. The highest BCUT2D eigenvalue weighted by Crippen LogP contribution is 2.29. The van der Waals surface area contributed by atoms with E-state index in [4.69, 9.17) is 18.0 Å². The number of thiocarbonyl (C=S) groups is 1. The number of unbranched alkanes of at least 4 members (excludes halogenated alkanes) is 1. The topological polar surface area (TPSA) is 49.5 Å². The molecule has 2 rings (SSSR count). The highest BCUT2D eigenvalue weighted by atomic mass is 32.1. The lowest BCUT2D eigenvalue weighted by Gasteiger charge is -2.25. The summed E-state index contributed by atoms with van der Waals surface area (Å²) in [4.78, 5) is 2.82. The molecule has 1 aromatic carbocycles. The molecule has 0 saturated heterocycles. The summed E-state index contributed by atoms with van der Waals surface area (Å²) in [6.07, 6.45) is 4.51. The molecule has 0 bridgehead atoms. The van der Waals surface area contributed by atoms with Crippen molar-refractivity contribution >= 4 is 17.2 Å². The van der Waals surface area contributed by atoms with Crippen LogP contribution < -0.4 is 5.73 Å². The quantitative estimate of drug-likeness (QED) is 0.723. The molecule has 3 N–H and O–H groups in total. The standard InChI is InChI=1S/C16H24N2OS/c1-2-3-10-18(14-8-9-14)11-15(19)12-4-6-13(7-5-12)16(17)20/h4-7,14-15,19H,2-3,8-11H2,1H3,(H2,17,20). The van der Waals surface area contributed by atoms with E-state index in [0.29, 0.717) is 11.0 Å². The van der Waals surface area contributed by atoms with Gasteiger partial charge in [-0.2, -0.15) is 0 Å². The van der Waals surface area contributed by atoms with Crippen LogP contribution >= 0.6 is 12.2 Å². The van der Waals surface area contributed by atoms with Crippen LogP contribution in [-0.2, 0) is 0 Å². The lowest BCUT2D eigenvalue weighted by molar-refractivity contribution is 0.107. The lowest BCUT2D eigenvalue weighted by Crippen LogP contribution is -2.31. The van der Waals surface area contributed by atoms with Crippen molar-refractivity contribution < 1.29 is 5.11 Å². The van der Waals surface area contributed by atoms with Crippen molar-refractivity contribution in [1.29, 1.82) is 0 Å². The van der Waals surface area contributed by atoms with Gasteiger partial charge in [-0.1, -0.05) is 49.8 Å². The molecular weight excluding hydrogens is 268 g/mol. The second-order valence-corrected chi connectivity index (χ2v) is 6.02. The monoisotopic (exact) mass is 292 g/mol. The van der Waals surface area contributed by atoms with Gasteiger partial charge in [0.05, 0.1) is 6.10 Å². The van der Waals surface area contributed by atoms with Gasteiger partial charge in [0.1, 0.15) is 4.99 Å². The van der Waals surface area contributed by atoms with E-state index >= 15 is 0 Å². The van der Waals surface area contributed by atoms with Crippen molar-refractivity contribution in [2.45, 2.75) is 44.8 Å². The number of aliphatic hydroxyl groups excluding tert-OH is 1. The number of rotatable bonds is 8. The van der Waals surface area contributed by atoms with Crippen LogP contribution in [0.15, 0.2) is 24.3 Å². The third-order valence-corrected chi connectivity index (χ3v) is 4.09. The highest BCUT2D eigenvalue weighted by Gasteiger charge is 2.29. The predicted molar refractivity (Wildman–Crippen MR) is 86.8 cm³/mol. The van der Waals surface area contributed by atoms with Gasteiger partial charge in [0, 0.05) is 18.2 Å². The summed E-state index contributed by atoms with van der Waals surface area (Å²) in [6, 6.07) is 8.30. The Kier molecular flexibility index (Phi) is 5.52. The van der Waals surface area contributed by atoms with E-state index < -0.39 is 6.10 Å². The number of nitrogens with zero attached hydrogens (tertiary/aromatic N) is 1. The van der Waals surface area contributed by atoms with Crippen molar-refractivity contribution in [2.24, 2.45) is 5.73 Å². The minimum Gasteiger partial charge on any atom is -0.389 e. The van der Waals surface area contributed by atoms with Crippen molar-refractivity contribution in [3.63, 3.8) is 0 Å². The van der Waals surface area contributed by atoms with Crippen LogP contribution in [0.25, 0.3) is 0 Å². The third kappa shape index (κ3) is 4.27. The van der Waals surface area contributed by atoms with E-state index in [9.17, 15) is 5.11 Å². The summed E-state index contributed by atoms with van der Waals surface area (Å²) in [6.45, 7) is 4.01. The molecule has 4 heteroatoms. The summed E-state index contributed by atoms with van der Waals surface area (Å²) in [7, 11) is 0. The number of hydrogen-bond donors (Lipinski definition) is 2. The molecule has 1 saturated carbocycles. The molecule has 1 atom stereocenters. The lowest BCUT2D eigenvalue weighted by atomic mass is 10.1. The summed E-state index contributed by atoms with van der Waals surface area (Å²) in [5.41, 5.74) is 7.37. The van der Waals surface area contributed by atoms with Crippen LogP contribution in [-0.4, -0.2) is 34.1 Å². The average Bonchev–Trinajstić information content (AvgIpc) is 3.27. The Morgan fingerprint density at radius 3 is 2.55 bits per heavy atom. The fraction of sp³-hybridized carbons (Fsp3) is 0.562. The van der Waals surface area contributed by atoms with Crippen LogP contribution in [0.2, 0.25) is 0 Å². The van der Waals surface area contributed by atoms with Gasteiger partial charge in [-0.3, -0.25) is 4.90 Å². The number of hydrogen-bond acceptors (Lipinski definition) is 3. The molecule has 0 radical (unpaired) electrons. The maximum atomic E-state index is 10.4. The molecule has 110 valence electrons. The van der Waals surface area contributed by atoms with Crippen molar-refractivity contribution in [2.75, 3.05) is 13.1 Å². The molecule has 0 amide bonds. The molecular formula is C16H24N2OS. The zero-order chi connectivity index (χ0) is 14.5. The van der Waals surface area contributed by atoms with E-state index in [1.807, 2.05) is 24.3 Å². The van der Waals surface area contributed by atoms with Crippen LogP contribution in [0.1, 0.15) is 49.8 Å². The van der Waals surface area contributed by atoms with E-state index in [0.717, 1.165) is 24.2 Å². The van der Waals surface area contributed by atoms with Gasteiger partial charge < -0.3 is 10.8 Å². The second-order valence-electron chi connectivity index (χ2n) is 5.58. The van der Waals surface area contributed by atoms with E-state index in [1.54, 1.807) is 0 Å². The molecule has 0 aliphatic heterocycles. The SMILES string of the molecule is CCCCN(CC(O)c1ccc(C(N)=S)cc1)C1CC1. The largest absolute Gasteiger partial charge is 0.389 e. The number of aliphatic hydroxyl groups is 1. The van der Waals surface area contributed by atoms with Gasteiger partial charge in [-0.15, -0.1) is 0 Å². The third-order valence-electron chi connectivity index (χ3n) is 3.85. The number of benzene rings is 1. The Morgan fingerprint density at radius 2 is 2.05 bits per heavy atom. The van der Waals surface area contributed by atoms with Gasteiger partial charge in [0.2, 0.25) is 0 Å². The summed E-state index contributed by atoms with van der Waals surface area (Å²) in [5.74, 6) is 0. The van der Waals surface area contributed by atoms with Gasteiger partial charge in [-0.25, -0.2) is 0 Å². The first-order chi connectivity index (χ1) is 9.61. The maximum Gasteiger partial charge on any atom is 0.103 e. The normalized spacial score (nSPS) is 16.4. The maximum absolute atomic E-state index is 10.4. The minimum atomic E-state index is -0.437. The minimum absolute atomic E-state index is 0.397. The van der Waals surface area contributed by atoms with Gasteiger partial charge >= 0.3 is 0 Å². The van der Waals surface area contributed by atoms with Crippen molar-refractivity contribution in [1.82, 2.24) is 4.90 Å². The van der Waals surface area contributed by atoms with Crippen LogP contribution in [0.5, 0.6) is 0 Å². The second kappa shape index (κ2) is 7.16. The van der Waals surface area contributed by atoms with Crippen LogP contribution in [0, 0.1) is 0 Å². The molecule has 3 nitrogen and oxygen atoms in total. The van der Waals surface area contributed by atoms with E-state index in [1.165, 1.54) is 25.7 Å². The Bertz CT molecular complexity index is 442. The molecule has 0 aromatic heterocycles. The van der Waals surface area contributed by atoms with Gasteiger partial charge in [0.25, 0.3) is 0 Å². The summed E-state index contributed by atoms with van der Waals surface area (Å²) < 4.78 is 0. The Hall–Kier alpha value is -0.970. The smallest absolute Gasteiger partial charge is 0.103 e. The summed E-state index contributed by atoms with van der Waals surface area (Å²) >= 11 is 4.94. The first kappa shape index (κ1) is 15.4. The fourth-order valence-electron chi connectivity index (χ4n) is 2.42. The Balaban J connectivity index is 1.95. The Labute approximate surface area is 126 Å². The molecule has 1 aliphatic rings. The van der Waals surface area contributed by atoms with E-state index in [-0.39, 0.29) is 0 Å². The molecule has 1 aromatic rings. The highest BCUT2D eigenvalue weighted by molar-refractivity contribution is 7.80. The molecule has 20 heavy (non-hydrogen) atoms. The summed E-state index contributed by atoms with van der Waals surface area (Å²) in [5, 5.41) is 10.4. The van der Waals surface area contributed by atoms with Gasteiger partial charge in [0.15, 0.2) is 0 Å². The predicted octanol–water partition coefficient (Wildman–Crippen LogP) is 2.62. The van der Waals surface area contributed by atoms with Crippen LogP contribution in [0.4, 0.5) is 0 Å². The zero-order valence-electron chi connectivity index (χ0n) is 12.1. The molecule has 0 heterocycles. The fourth-order valence-corrected chi connectivity index (χ4v) is 2.56. The zero-order valence-corrected chi connectivity index (χ0v) is 12.9.